The first-order valence-electron chi connectivity index (χ1n) is 12.9. The number of likely N-dealkylation sites (tertiary alicyclic amines) is 1. The SMILES string of the molecule is CC(C)(C)OC(=O)N1CC2(CCN(c3nc(C4CCOC4)nc4c(OCC(F)(F)F)c(Br)c(I)cc34)CC2)C1. The van der Waals surface area contributed by atoms with E-state index in [2.05, 4.69) is 43.4 Å². The average Bonchev–Trinajstić information content (AvgIpc) is 3.36. The summed E-state index contributed by atoms with van der Waals surface area (Å²) < 4.78 is 56.9. The summed E-state index contributed by atoms with van der Waals surface area (Å²) in [4.78, 5) is 26.1. The first-order valence-corrected chi connectivity index (χ1v) is 14.8. The van der Waals surface area contributed by atoms with Crippen molar-refractivity contribution in [2.45, 2.75) is 57.7 Å². The molecular weight excluding hydrogens is 696 g/mol. The third-order valence-corrected chi connectivity index (χ3v) is 9.72. The highest BCUT2D eigenvalue weighted by atomic mass is 127. The van der Waals surface area contributed by atoms with Crippen molar-refractivity contribution in [3.63, 3.8) is 0 Å². The zero-order chi connectivity index (χ0) is 28.2. The summed E-state index contributed by atoms with van der Waals surface area (Å²) in [5.41, 5.74) is -0.135. The highest BCUT2D eigenvalue weighted by molar-refractivity contribution is 14.1. The second kappa shape index (κ2) is 10.7. The highest BCUT2D eigenvalue weighted by Crippen LogP contribution is 2.45. The maximum Gasteiger partial charge on any atom is 0.422 e. The minimum absolute atomic E-state index is 0.0354. The first-order chi connectivity index (χ1) is 18.2. The van der Waals surface area contributed by atoms with Crippen molar-refractivity contribution < 1.29 is 32.2 Å². The maximum atomic E-state index is 13.1. The molecule has 39 heavy (non-hydrogen) atoms. The van der Waals surface area contributed by atoms with Gasteiger partial charge in [-0.1, -0.05) is 0 Å². The Morgan fingerprint density at radius 2 is 1.92 bits per heavy atom. The van der Waals surface area contributed by atoms with E-state index in [-0.39, 0.29) is 23.2 Å². The number of hydrogen-bond donors (Lipinski definition) is 0. The molecule has 3 saturated heterocycles. The van der Waals surface area contributed by atoms with Crippen LogP contribution in [0.2, 0.25) is 0 Å². The van der Waals surface area contributed by atoms with Crippen molar-refractivity contribution in [2.24, 2.45) is 5.41 Å². The van der Waals surface area contributed by atoms with Crippen LogP contribution in [-0.4, -0.2) is 78.7 Å². The van der Waals surface area contributed by atoms with E-state index < -0.39 is 18.4 Å². The van der Waals surface area contributed by atoms with E-state index in [0.717, 1.165) is 19.3 Å². The number of carbonyl (C=O) groups excluding carboxylic acids is 1. The average molecular weight is 727 g/mol. The molecule has 2 aromatic rings. The summed E-state index contributed by atoms with van der Waals surface area (Å²) in [5.74, 6) is 1.28. The maximum absolute atomic E-state index is 13.1. The number of anilines is 1. The zero-order valence-electron chi connectivity index (χ0n) is 22.0. The summed E-state index contributed by atoms with van der Waals surface area (Å²) >= 11 is 5.50. The van der Waals surface area contributed by atoms with Crippen LogP contribution in [0.1, 0.15) is 51.8 Å². The topological polar surface area (TPSA) is 77.0 Å². The summed E-state index contributed by atoms with van der Waals surface area (Å²) in [7, 11) is 0. The molecule has 1 aromatic heterocycles. The number of aromatic nitrogens is 2. The predicted molar refractivity (Wildman–Crippen MR) is 151 cm³/mol. The third-order valence-electron chi connectivity index (χ3n) is 7.34. The number of piperidine rings is 1. The number of alkyl halides is 3. The molecule has 1 aromatic carbocycles. The Kier molecular flexibility index (Phi) is 7.90. The van der Waals surface area contributed by atoms with Crippen molar-refractivity contribution in [1.82, 2.24) is 14.9 Å². The molecule has 0 aliphatic carbocycles. The van der Waals surface area contributed by atoms with Gasteiger partial charge in [0.25, 0.3) is 0 Å². The number of nitrogens with zero attached hydrogens (tertiary/aromatic N) is 4. The number of hydrogen-bond acceptors (Lipinski definition) is 7. The summed E-state index contributed by atoms with van der Waals surface area (Å²) in [6, 6.07) is 1.89. The van der Waals surface area contributed by atoms with Crippen LogP contribution in [-0.2, 0) is 9.47 Å². The van der Waals surface area contributed by atoms with E-state index >= 15 is 0 Å². The number of amides is 1. The Bertz CT molecular complexity index is 1250. The Morgan fingerprint density at radius 3 is 2.51 bits per heavy atom. The van der Waals surface area contributed by atoms with Gasteiger partial charge in [-0.3, -0.25) is 0 Å². The van der Waals surface area contributed by atoms with E-state index in [9.17, 15) is 18.0 Å². The zero-order valence-corrected chi connectivity index (χ0v) is 25.8. The van der Waals surface area contributed by atoms with E-state index in [4.69, 9.17) is 24.2 Å². The van der Waals surface area contributed by atoms with Crippen LogP contribution >= 0.6 is 38.5 Å². The molecule has 0 saturated carbocycles. The van der Waals surface area contributed by atoms with Crippen molar-refractivity contribution >= 4 is 61.3 Å². The number of carbonyl (C=O) groups is 1. The monoisotopic (exact) mass is 726 g/mol. The van der Waals surface area contributed by atoms with Gasteiger partial charge in [0.05, 0.1) is 11.1 Å². The molecule has 4 heterocycles. The van der Waals surface area contributed by atoms with Gasteiger partial charge >= 0.3 is 12.3 Å². The third kappa shape index (κ3) is 6.34. The molecular formula is C26H31BrF3IN4O4. The lowest BCUT2D eigenvalue weighted by molar-refractivity contribution is -0.153. The number of fused-ring (bicyclic) bond motifs is 1. The van der Waals surface area contributed by atoms with Gasteiger partial charge in [-0.15, -0.1) is 0 Å². The number of benzene rings is 1. The van der Waals surface area contributed by atoms with E-state index in [0.29, 0.717) is 70.0 Å². The summed E-state index contributed by atoms with van der Waals surface area (Å²) in [5, 5.41) is 0.655. The van der Waals surface area contributed by atoms with Crippen molar-refractivity contribution in [2.75, 3.05) is 50.9 Å². The normalized spacial score (nSPS) is 21.4. The fourth-order valence-corrected chi connectivity index (χ4v) is 6.33. The first kappa shape index (κ1) is 28.9. The summed E-state index contributed by atoms with van der Waals surface area (Å²) in [6.07, 6.45) is -2.29. The van der Waals surface area contributed by atoms with E-state index in [1.165, 1.54) is 0 Å². The molecule has 0 N–H and O–H groups in total. The van der Waals surface area contributed by atoms with Crippen LogP contribution < -0.4 is 9.64 Å². The Labute approximate surface area is 247 Å². The molecule has 5 rings (SSSR count). The molecule has 1 amide bonds. The molecule has 0 radical (unpaired) electrons. The van der Waals surface area contributed by atoms with Gasteiger partial charge in [0.15, 0.2) is 12.4 Å². The van der Waals surface area contributed by atoms with Crippen molar-refractivity contribution in [3.05, 3.63) is 19.9 Å². The van der Waals surface area contributed by atoms with Crippen LogP contribution in [0.5, 0.6) is 5.75 Å². The molecule has 3 fully saturated rings. The molecule has 1 atom stereocenters. The number of rotatable bonds is 4. The van der Waals surface area contributed by atoms with Gasteiger partial charge in [-0.2, -0.15) is 13.2 Å². The molecule has 13 heteroatoms. The Morgan fingerprint density at radius 1 is 1.23 bits per heavy atom. The smallest absolute Gasteiger partial charge is 0.422 e. The van der Waals surface area contributed by atoms with Gasteiger partial charge < -0.3 is 24.0 Å². The molecule has 3 aliphatic rings. The summed E-state index contributed by atoms with van der Waals surface area (Å²) in [6.45, 7) is 7.95. The predicted octanol–water partition coefficient (Wildman–Crippen LogP) is 6.28. The van der Waals surface area contributed by atoms with Crippen LogP contribution in [0.25, 0.3) is 10.9 Å². The van der Waals surface area contributed by atoms with E-state index in [1.54, 1.807) is 4.90 Å². The second-order valence-electron chi connectivity index (χ2n) is 11.6. The standard InChI is InChI=1S/C26H31BrF3IN4O4/c1-24(2,3)39-23(36)35-12-25(13-35)5-7-34(8-6-25)22-16-10-17(31)18(27)20(38-14-26(28,29)30)19(16)32-21(33-22)15-4-9-37-11-15/h10,15H,4-9,11-14H2,1-3H3. The van der Waals surface area contributed by atoms with Crippen LogP contribution in [0.15, 0.2) is 10.5 Å². The molecule has 214 valence electrons. The second-order valence-corrected chi connectivity index (χ2v) is 13.5. The molecule has 3 aliphatic heterocycles. The molecule has 0 bridgehead atoms. The fourth-order valence-electron chi connectivity index (χ4n) is 5.36. The van der Waals surface area contributed by atoms with Crippen molar-refractivity contribution in [1.29, 1.82) is 0 Å². The van der Waals surface area contributed by atoms with Gasteiger partial charge in [0.2, 0.25) is 0 Å². The van der Waals surface area contributed by atoms with E-state index in [1.807, 2.05) is 26.8 Å². The van der Waals surface area contributed by atoms with Crippen LogP contribution in [0.4, 0.5) is 23.8 Å². The Balaban J connectivity index is 1.42. The molecule has 1 spiro atoms. The van der Waals surface area contributed by atoms with Gasteiger partial charge in [0, 0.05) is 53.1 Å². The largest absolute Gasteiger partial charge is 0.481 e. The van der Waals surface area contributed by atoms with Crippen LogP contribution in [0.3, 0.4) is 0 Å². The number of halogens is 5. The molecule has 8 nitrogen and oxygen atoms in total. The van der Waals surface area contributed by atoms with Crippen LogP contribution in [0, 0.1) is 8.99 Å². The van der Waals surface area contributed by atoms with Crippen molar-refractivity contribution in [3.8, 4) is 5.75 Å². The Hall–Kier alpha value is -1.61. The fraction of sp³-hybridized carbons (Fsp3) is 0.654. The lowest BCUT2D eigenvalue weighted by atomic mass is 9.72. The van der Waals surface area contributed by atoms with Gasteiger partial charge in [0.1, 0.15) is 22.8 Å². The van der Waals surface area contributed by atoms with Gasteiger partial charge in [-0.25, -0.2) is 14.8 Å². The lowest BCUT2D eigenvalue weighted by Crippen LogP contribution is -2.62. The lowest BCUT2D eigenvalue weighted by Gasteiger charge is -2.53. The minimum atomic E-state index is -4.48. The number of ether oxygens (including phenoxy) is 3. The quantitative estimate of drug-likeness (QED) is 0.344. The highest BCUT2D eigenvalue weighted by Gasteiger charge is 2.48. The molecule has 1 unspecified atom stereocenters. The van der Waals surface area contributed by atoms with Gasteiger partial charge in [-0.05, 0) is 84.6 Å². The minimum Gasteiger partial charge on any atom is -0.481 e.